The van der Waals surface area contributed by atoms with Gasteiger partial charge in [0.05, 0.1) is 34.1 Å². The number of fused-ring (bicyclic) bond motifs is 1. The summed E-state index contributed by atoms with van der Waals surface area (Å²) in [6, 6.07) is 2.73. The molecule has 0 bridgehead atoms. The fraction of sp³-hybridized carbons (Fsp3) is 0.333. The molecular weight excluding hydrogens is 272 g/mol. The Morgan fingerprint density at radius 2 is 2.32 bits per heavy atom. The van der Waals surface area contributed by atoms with Crippen molar-refractivity contribution >= 4 is 28.5 Å². The van der Waals surface area contributed by atoms with Crippen molar-refractivity contribution in [2.45, 2.75) is 19.1 Å². The first-order valence-electron chi connectivity index (χ1n) is 5.83. The summed E-state index contributed by atoms with van der Waals surface area (Å²) >= 11 is 5.98. The first-order chi connectivity index (χ1) is 9.06. The summed E-state index contributed by atoms with van der Waals surface area (Å²) in [4.78, 5) is 22.9. The van der Waals surface area contributed by atoms with Crippen molar-refractivity contribution < 1.29 is 14.6 Å². The fourth-order valence-corrected chi connectivity index (χ4v) is 2.47. The normalized spacial score (nSPS) is 18.5. The van der Waals surface area contributed by atoms with E-state index in [0.29, 0.717) is 17.4 Å². The SMILES string of the molecule is O=C(O)c1cc(Cl)c2c(=O)[nH]n(CC3CCO3)c2c1. The summed E-state index contributed by atoms with van der Waals surface area (Å²) in [5.41, 5.74) is 0.224. The van der Waals surface area contributed by atoms with E-state index in [2.05, 4.69) is 5.10 Å². The number of benzene rings is 1. The van der Waals surface area contributed by atoms with Crippen LogP contribution >= 0.6 is 11.6 Å². The highest BCUT2D eigenvalue weighted by molar-refractivity contribution is 6.35. The van der Waals surface area contributed by atoms with Crippen LogP contribution < -0.4 is 5.56 Å². The van der Waals surface area contributed by atoms with E-state index in [4.69, 9.17) is 21.4 Å². The zero-order valence-electron chi connectivity index (χ0n) is 9.85. The molecule has 0 aliphatic carbocycles. The average Bonchev–Trinajstić information content (AvgIpc) is 2.61. The maximum atomic E-state index is 11.8. The summed E-state index contributed by atoms with van der Waals surface area (Å²) < 4.78 is 6.91. The number of rotatable bonds is 3. The Bertz CT molecular complexity index is 714. The number of carboxylic acid groups (broad SMARTS) is 1. The van der Waals surface area contributed by atoms with E-state index in [9.17, 15) is 9.59 Å². The summed E-state index contributed by atoms with van der Waals surface area (Å²) in [7, 11) is 0. The van der Waals surface area contributed by atoms with Crippen LogP contribution in [0.1, 0.15) is 16.8 Å². The molecule has 0 saturated carbocycles. The van der Waals surface area contributed by atoms with Gasteiger partial charge >= 0.3 is 5.97 Å². The van der Waals surface area contributed by atoms with Gasteiger partial charge in [-0.3, -0.25) is 14.6 Å². The molecule has 19 heavy (non-hydrogen) atoms. The number of carbonyl (C=O) groups is 1. The van der Waals surface area contributed by atoms with Gasteiger partial charge in [-0.15, -0.1) is 0 Å². The number of aromatic carboxylic acids is 1. The monoisotopic (exact) mass is 282 g/mol. The zero-order chi connectivity index (χ0) is 13.6. The van der Waals surface area contributed by atoms with Crippen LogP contribution in [0.15, 0.2) is 16.9 Å². The van der Waals surface area contributed by atoms with Crippen molar-refractivity contribution in [3.8, 4) is 0 Å². The molecule has 1 saturated heterocycles. The van der Waals surface area contributed by atoms with Crippen molar-refractivity contribution in [2.75, 3.05) is 6.61 Å². The van der Waals surface area contributed by atoms with Gasteiger partial charge in [-0.05, 0) is 18.6 Å². The van der Waals surface area contributed by atoms with Crippen molar-refractivity contribution in [1.82, 2.24) is 9.78 Å². The molecule has 0 amide bonds. The number of halogens is 1. The predicted molar refractivity (Wildman–Crippen MR) is 68.9 cm³/mol. The first kappa shape index (κ1) is 12.3. The molecule has 1 aromatic carbocycles. The second-order valence-electron chi connectivity index (χ2n) is 4.49. The molecule has 2 heterocycles. The average molecular weight is 283 g/mol. The van der Waals surface area contributed by atoms with Crippen LogP contribution in [0.2, 0.25) is 5.02 Å². The van der Waals surface area contributed by atoms with E-state index in [1.54, 1.807) is 4.68 Å². The van der Waals surface area contributed by atoms with Crippen LogP contribution in [0.4, 0.5) is 0 Å². The number of carboxylic acids is 1. The number of H-pyrrole nitrogens is 1. The molecule has 1 aliphatic rings. The third kappa shape index (κ3) is 2.02. The van der Waals surface area contributed by atoms with Gasteiger partial charge in [-0.25, -0.2) is 4.79 Å². The molecule has 1 fully saturated rings. The van der Waals surface area contributed by atoms with E-state index in [1.807, 2.05) is 0 Å². The van der Waals surface area contributed by atoms with E-state index in [1.165, 1.54) is 12.1 Å². The fourth-order valence-electron chi connectivity index (χ4n) is 2.17. The van der Waals surface area contributed by atoms with Crippen LogP contribution in [0.25, 0.3) is 10.9 Å². The van der Waals surface area contributed by atoms with Gasteiger partial charge in [-0.1, -0.05) is 11.6 Å². The summed E-state index contributed by atoms with van der Waals surface area (Å²) in [5, 5.41) is 12.1. The van der Waals surface area contributed by atoms with Crippen LogP contribution in [0.3, 0.4) is 0 Å². The van der Waals surface area contributed by atoms with Crippen LogP contribution in [-0.4, -0.2) is 33.6 Å². The van der Waals surface area contributed by atoms with Gasteiger partial charge in [-0.2, -0.15) is 0 Å². The smallest absolute Gasteiger partial charge is 0.335 e. The van der Waals surface area contributed by atoms with Gasteiger partial charge in [0.15, 0.2) is 0 Å². The molecule has 7 heteroatoms. The maximum Gasteiger partial charge on any atom is 0.335 e. The Labute approximate surface area is 112 Å². The second-order valence-corrected chi connectivity index (χ2v) is 4.90. The van der Waals surface area contributed by atoms with E-state index >= 15 is 0 Å². The lowest BCUT2D eigenvalue weighted by Crippen LogP contribution is -2.31. The van der Waals surface area contributed by atoms with E-state index < -0.39 is 5.97 Å². The second kappa shape index (κ2) is 4.40. The van der Waals surface area contributed by atoms with Crippen molar-refractivity contribution in [1.29, 1.82) is 0 Å². The van der Waals surface area contributed by atoms with Crippen molar-refractivity contribution in [3.05, 3.63) is 33.1 Å². The number of ether oxygens (including phenoxy) is 1. The van der Waals surface area contributed by atoms with Gasteiger partial charge in [0.2, 0.25) is 0 Å². The minimum Gasteiger partial charge on any atom is -0.478 e. The highest BCUT2D eigenvalue weighted by Gasteiger charge is 2.21. The van der Waals surface area contributed by atoms with Crippen LogP contribution in [0.5, 0.6) is 0 Å². The molecule has 0 radical (unpaired) electrons. The molecule has 1 aromatic heterocycles. The lowest BCUT2D eigenvalue weighted by molar-refractivity contribution is -0.0603. The molecule has 100 valence electrons. The van der Waals surface area contributed by atoms with Gasteiger partial charge < -0.3 is 9.84 Å². The molecule has 6 nitrogen and oxygen atoms in total. The minimum atomic E-state index is -1.08. The summed E-state index contributed by atoms with van der Waals surface area (Å²) in [6.07, 6.45) is 0.979. The quantitative estimate of drug-likeness (QED) is 0.893. The third-order valence-corrected chi connectivity index (χ3v) is 3.55. The van der Waals surface area contributed by atoms with Crippen molar-refractivity contribution in [2.24, 2.45) is 0 Å². The number of nitrogens with zero attached hydrogens (tertiary/aromatic N) is 1. The molecule has 2 N–H and O–H groups in total. The largest absolute Gasteiger partial charge is 0.478 e. The number of hydrogen-bond acceptors (Lipinski definition) is 3. The Morgan fingerprint density at radius 3 is 2.89 bits per heavy atom. The molecular formula is C12H11ClN2O4. The Kier molecular flexibility index (Phi) is 2.83. The highest BCUT2D eigenvalue weighted by atomic mass is 35.5. The number of nitrogens with one attached hydrogen (secondary N) is 1. The topological polar surface area (TPSA) is 84.3 Å². The maximum absolute atomic E-state index is 11.8. The molecule has 3 rings (SSSR count). The third-order valence-electron chi connectivity index (χ3n) is 3.25. The van der Waals surface area contributed by atoms with Gasteiger partial charge in [0.25, 0.3) is 5.56 Å². The van der Waals surface area contributed by atoms with E-state index in [-0.39, 0.29) is 22.2 Å². The van der Waals surface area contributed by atoms with Crippen LogP contribution in [-0.2, 0) is 11.3 Å². The lowest BCUT2D eigenvalue weighted by atomic mass is 10.1. The Balaban J connectivity index is 2.16. The molecule has 2 aromatic rings. The van der Waals surface area contributed by atoms with Crippen molar-refractivity contribution in [3.63, 3.8) is 0 Å². The number of aromatic amines is 1. The number of aromatic nitrogens is 2. The highest BCUT2D eigenvalue weighted by Crippen LogP contribution is 2.24. The lowest BCUT2D eigenvalue weighted by Gasteiger charge is -2.26. The standard InChI is InChI=1S/C12H11ClN2O4/c13-8-3-6(12(17)18)4-9-10(8)11(16)14-15(9)5-7-1-2-19-7/h3-4,7H,1-2,5H2,(H,14,16)(H,17,18). The number of hydrogen-bond donors (Lipinski definition) is 2. The zero-order valence-corrected chi connectivity index (χ0v) is 10.6. The van der Waals surface area contributed by atoms with Gasteiger partial charge in [0.1, 0.15) is 0 Å². The first-order valence-corrected chi connectivity index (χ1v) is 6.21. The predicted octanol–water partition coefficient (Wildman–Crippen LogP) is 1.47. The van der Waals surface area contributed by atoms with Crippen LogP contribution in [0, 0.1) is 0 Å². The van der Waals surface area contributed by atoms with E-state index in [0.717, 1.165) is 13.0 Å². The molecule has 1 aliphatic heterocycles. The molecule has 1 atom stereocenters. The summed E-state index contributed by atoms with van der Waals surface area (Å²) in [6.45, 7) is 1.20. The minimum absolute atomic E-state index is 0.0542. The van der Waals surface area contributed by atoms with Gasteiger partial charge in [0, 0.05) is 6.61 Å². The summed E-state index contributed by atoms with van der Waals surface area (Å²) in [5.74, 6) is -1.08. The Morgan fingerprint density at radius 1 is 1.58 bits per heavy atom. The Hall–Kier alpha value is -1.79. The molecule has 1 unspecified atom stereocenters. The molecule has 0 spiro atoms.